The van der Waals surface area contributed by atoms with Gasteiger partial charge in [-0.05, 0) is 37.1 Å². The van der Waals surface area contributed by atoms with E-state index in [4.69, 9.17) is 16.3 Å². The van der Waals surface area contributed by atoms with Gasteiger partial charge in [0.15, 0.2) is 0 Å². The molecule has 1 aliphatic heterocycles. The maximum atomic E-state index is 13.0. The molecule has 0 aromatic heterocycles. The van der Waals surface area contributed by atoms with Crippen LogP contribution >= 0.6 is 11.6 Å². The largest absolute Gasteiger partial charge is 0.496 e. The van der Waals surface area contributed by atoms with E-state index < -0.39 is 16.9 Å². The van der Waals surface area contributed by atoms with Crippen molar-refractivity contribution in [1.82, 2.24) is 4.90 Å². The zero-order valence-electron chi connectivity index (χ0n) is 15.1. The molecule has 0 spiro atoms. The molecule has 28 heavy (non-hydrogen) atoms. The van der Waals surface area contributed by atoms with E-state index in [1.165, 1.54) is 36.3 Å². The molecule has 1 saturated heterocycles. The van der Waals surface area contributed by atoms with Gasteiger partial charge in [0.1, 0.15) is 11.8 Å². The lowest BCUT2D eigenvalue weighted by molar-refractivity contribution is -0.384. The number of anilines is 1. The molecular weight excluding hydrogens is 386 g/mol. The molecule has 0 saturated carbocycles. The number of hydrogen-bond donors (Lipinski definition) is 1. The first-order valence-corrected chi connectivity index (χ1v) is 8.98. The number of methoxy groups -OCH3 is 1. The molecule has 1 N–H and O–H groups in total. The smallest absolute Gasteiger partial charge is 0.271 e. The fourth-order valence-corrected chi connectivity index (χ4v) is 3.38. The van der Waals surface area contributed by atoms with Crippen molar-refractivity contribution in [2.45, 2.75) is 18.9 Å². The van der Waals surface area contributed by atoms with Crippen molar-refractivity contribution in [2.24, 2.45) is 0 Å². The Labute approximate surface area is 166 Å². The second-order valence-corrected chi connectivity index (χ2v) is 6.73. The number of hydrogen-bond acceptors (Lipinski definition) is 5. The maximum absolute atomic E-state index is 13.0. The summed E-state index contributed by atoms with van der Waals surface area (Å²) in [5.41, 5.74) is 0.463. The monoisotopic (exact) mass is 403 g/mol. The highest BCUT2D eigenvalue weighted by atomic mass is 35.5. The van der Waals surface area contributed by atoms with Crippen LogP contribution in [0.2, 0.25) is 5.02 Å². The van der Waals surface area contributed by atoms with E-state index in [1.807, 2.05) is 0 Å². The van der Waals surface area contributed by atoms with Gasteiger partial charge in [0, 0.05) is 29.4 Å². The van der Waals surface area contributed by atoms with Crippen LogP contribution in [0.15, 0.2) is 42.5 Å². The minimum Gasteiger partial charge on any atom is -0.496 e. The first-order valence-electron chi connectivity index (χ1n) is 8.60. The van der Waals surface area contributed by atoms with E-state index in [0.29, 0.717) is 35.8 Å². The number of nitrogens with one attached hydrogen (secondary N) is 1. The number of non-ortho nitro benzene ring substituents is 1. The van der Waals surface area contributed by atoms with E-state index in [2.05, 4.69) is 5.32 Å². The number of benzene rings is 2. The molecule has 1 fully saturated rings. The van der Waals surface area contributed by atoms with Crippen molar-refractivity contribution >= 4 is 34.8 Å². The SMILES string of the molecule is COc1ccc(Cl)cc1C(=O)N1CCC[C@@H]1C(=O)Nc1cccc([N+](=O)[O-])c1. The molecule has 0 radical (unpaired) electrons. The molecule has 0 unspecified atom stereocenters. The predicted molar refractivity (Wildman–Crippen MR) is 104 cm³/mol. The Hall–Kier alpha value is -3.13. The van der Waals surface area contributed by atoms with Gasteiger partial charge >= 0.3 is 0 Å². The van der Waals surface area contributed by atoms with E-state index in [1.54, 1.807) is 18.2 Å². The van der Waals surface area contributed by atoms with Gasteiger partial charge in [-0.15, -0.1) is 0 Å². The fourth-order valence-electron chi connectivity index (χ4n) is 3.21. The lowest BCUT2D eigenvalue weighted by atomic mass is 10.1. The third kappa shape index (κ3) is 4.07. The summed E-state index contributed by atoms with van der Waals surface area (Å²) in [6, 6.07) is 9.71. The number of rotatable bonds is 5. The lowest BCUT2D eigenvalue weighted by Crippen LogP contribution is -2.43. The van der Waals surface area contributed by atoms with Crippen LogP contribution in [0.25, 0.3) is 0 Å². The van der Waals surface area contributed by atoms with Gasteiger partial charge in [-0.1, -0.05) is 17.7 Å². The van der Waals surface area contributed by atoms with Gasteiger partial charge < -0.3 is 15.0 Å². The van der Waals surface area contributed by atoms with Gasteiger partial charge in [0.2, 0.25) is 5.91 Å². The van der Waals surface area contributed by atoms with Crippen molar-refractivity contribution < 1.29 is 19.2 Å². The zero-order valence-corrected chi connectivity index (χ0v) is 15.8. The number of ether oxygens (including phenoxy) is 1. The van der Waals surface area contributed by atoms with Crippen LogP contribution in [0.4, 0.5) is 11.4 Å². The van der Waals surface area contributed by atoms with Crippen LogP contribution in [0.5, 0.6) is 5.75 Å². The van der Waals surface area contributed by atoms with E-state index in [0.717, 1.165) is 0 Å². The Morgan fingerprint density at radius 3 is 2.79 bits per heavy atom. The number of carbonyl (C=O) groups excluding carboxylic acids is 2. The average Bonchev–Trinajstić information content (AvgIpc) is 3.17. The Morgan fingerprint density at radius 2 is 2.07 bits per heavy atom. The Balaban J connectivity index is 1.80. The second kappa shape index (κ2) is 8.26. The summed E-state index contributed by atoms with van der Waals surface area (Å²) in [7, 11) is 1.45. The molecule has 1 heterocycles. The van der Waals surface area contributed by atoms with Crippen LogP contribution in [-0.2, 0) is 4.79 Å². The molecule has 0 aliphatic carbocycles. The van der Waals surface area contributed by atoms with E-state index in [9.17, 15) is 19.7 Å². The zero-order chi connectivity index (χ0) is 20.3. The first-order chi connectivity index (χ1) is 13.4. The van der Waals surface area contributed by atoms with Crippen LogP contribution in [-0.4, -0.2) is 41.3 Å². The number of halogens is 1. The standard InChI is InChI=1S/C19H18ClN3O5/c1-28-17-8-7-12(20)10-15(17)19(25)22-9-3-6-16(22)18(24)21-13-4-2-5-14(11-13)23(26)27/h2,4-5,7-8,10-11,16H,3,6,9H2,1H3,(H,21,24)/t16-/m1/s1. The Morgan fingerprint density at radius 1 is 1.29 bits per heavy atom. The minimum atomic E-state index is -0.685. The highest BCUT2D eigenvalue weighted by Crippen LogP contribution is 2.28. The van der Waals surface area contributed by atoms with Crippen molar-refractivity contribution in [2.75, 3.05) is 19.0 Å². The molecule has 2 amide bonds. The fraction of sp³-hybridized carbons (Fsp3) is 0.263. The number of nitro benzene ring substituents is 1. The molecule has 2 aromatic rings. The summed E-state index contributed by atoms with van der Waals surface area (Å²) >= 11 is 6.01. The van der Waals surface area contributed by atoms with Gasteiger partial charge in [0.05, 0.1) is 17.6 Å². The maximum Gasteiger partial charge on any atom is 0.271 e. The number of nitrogens with zero attached hydrogens (tertiary/aromatic N) is 2. The number of amides is 2. The van der Waals surface area contributed by atoms with Crippen molar-refractivity contribution in [3.63, 3.8) is 0 Å². The highest BCUT2D eigenvalue weighted by Gasteiger charge is 2.35. The molecular formula is C19H18ClN3O5. The van der Waals surface area contributed by atoms with Crippen molar-refractivity contribution in [3.05, 3.63) is 63.2 Å². The van der Waals surface area contributed by atoms with Crippen LogP contribution in [0.1, 0.15) is 23.2 Å². The summed E-state index contributed by atoms with van der Waals surface area (Å²) in [6.07, 6.45) is 1.16. The second-order valence-electron chi connectivity index (χ2n) is 6.30. The quantitative estimate of drug-likeness (QED) is 0.608. The van der Waals surface area contributed by atoms with Gasteiger partial charge in [-0.3, -0.25) is 19.7 Å². The Bertz CT molecular complexity index is 934. The number of likely N-dealkylation sites (tertiary alicyclic amines) is 1. The molecule has 1 aliphatic rings. The van der Waals surface area contributed by atoms with Gasteiger partial charge in [0.25, 0.3) is 11.6 Å². The number of carbonyl (C=O) groups is 2. The third-order valence-corrected chi connectivity index (χ3v) is 4.77. The van der Waals surface area contributed by atoms with Crippen LogP contribution < -0.4 is 10.1 Å². The highest BCUT2D eigenvalue weighted by molar-refractivity contribution is 6.31. The summed E-state index contributed by atoms with van der Waals surface area (Å²) in [5, 5.41) is 13.9. The van der Waals surface area contributed by atoms with Gasteiger partial charge in [-0.25, -0.2) is 0 Å². The van der Waals surface area contributed by atoms with E-state index in [-0.39, 0.29) is 17.2 Å². The van der Waals surface area contributed by atoms with Crippen molar-refractivity contribution in [3.8, 4) is 5.75 Å². The predicted octanol–water partition coefficient (Wildman–Crippen LogP) is 3.50. The molecule has 1 atom stereocenters. The number of nitro groups is 1. The molecule has 8 nitrogen and oxygen atoms in total. The normalized spacial score (nSPS) is 15.9. The Kier molecular flexibility index (Phi) is 5.79. The molecule has 3 rings (SSSR count). The average molecular weight is 404 g/mol. The van der Waals surface area contributed by atoms with Gasteiger partial charge in [-0.2, -0.15) is 0 Å². The molecule has 0 bridgehead atoms. The summed E-state index contributed by atoms with van der Waals surface area (Å²) in [6.45, 7) is 0.418. The minimum absolute atomic E-state index is 0.124. The van der Waals surface area contributed by atoms with Crippen LogP contribution in [0, 0.1) is 10.1 Å². The van der Waals surface area contributed by atoms with Crippen LogP contribution in [0.3, 0.4) is 0 Å². The lowest BCUT2D eigenvalue weighted by Gasteiger charge is -2.24. The van der Waals surface area contributed by atoms with Crippen molar-refractivity contribution in [1.29, 1.82) is 0 Å². The molecule has 9 heteroatoms. The summed E-state index contributed by atoms with van der Waals surface area (Å²) in [4.78, 5) is 37.6. The topological polar surface area (TPSA) is 102 Å². The molecule has 146 valence electrons. The summed E-state index contributed by atoms with van der Waals surface area (Å²) in [5.74, 6) is -0.373. The third-order valence-electron chi connectivity index (χ3n) is 4.53. The van der Waals surface area contributed by atoms with E-state index >= 15 is 0 Å². The first kappa shape index (κ1) is 19.6. The molecule has 2 aromatic carbocycles. The summed E-state index contributed by atoms with van der Waals surface area (Å²) < 4.78 is 5.24.